The van der Waals surface area contributed by atoms with E-state index in [9.17, 15) is 13.2 Å². The van der Waals surface area contributed by atoms with Gasteiger partial charge >= 0.3 is 6.18 Å². The van der Waals surface area contributed by atoms with Gasteiger partial charge in [-0.05, 0) is 11.6 Å². The van der Waals surface area contributed by atoms with E-state index >= 15 is 0 Å². The Balaban J connectivity index is 2.23. The quantitative estimate of drug-likeness (QED) is 0.662. The lowest BCUT2D eigenvalue weighted by atomic mass is 10.1. The van der Waals surface area contributed by atoms with Crippen molar-refractivity contribution in [1.82, 2.24) is 9.97 Å². The lowest BCUT2D eigenvalue weighted by molar-refractivity contribution is -0.137. The zero-order valence-corrected chi connectivity index (χ0v) is 9.78. The molecular weight excluding hydrogens is 257 g/mol. The molecule has 1 aromatic carbocycles. The molecule has 0 aliphatic heterocycles. The Hall–Kier alpha value is -2.15. The smallest absolute Gasteiger partial charge is 0.308 e. The summed E-state index contributed by atoms with van der Waals surface area (Å²) in [5.74, 6) is 6.02. The number of nitrogen functional groups attached to an aromatic ring is 1. The van der Waals surface area contributed by atoms with Gasteiger partial charge in [-0.15, -0.1) is 0 Å². The second-order valence-corrected chi connectivity index (χ2v) is 3.88. The molecule has 0 saturated heterocycles. The summed E-state index contributed by atoms with van der Waals surface area (Å²) in [6.45, 7) is 0. The van der Waals surface area contributed by atoms with Gasteiger partial charge in [-0.25, -0.2) is 15.8 Å². The maximum Gasteiger partial charge on any atom is 0.416 e. The first-order chi connectivity index (χ1) is 8.99. The Morgan fingerprint density at radius 3 is 2.68 bits per heavy atom. The number of hydrazine groups is 1. The highest BCUT2D eigenvalue weighted by Gasteiger charge is 2.30. The molecule has 1 aromatic heterocycles. The van der Waals surface area contributed by atoms with Crippen LogP contribution in [-0.2, 0) is 12.6 Å². The lowest BCUT2D eigenvalue weighted by Crippen LogP contribution is -2.10. The van der Waals surface area contributed by atoms with Crippen LogP contribution in [0.25, 0.3) is 0 Å². The Morgan fingerprint density at radius 2 is 2.00 bits per heavy atom. The predicted octanol–water partition coefficient (Wildman–Crippen LogP) is 2.37. The fraction of sp³-hybridized carbons (Fsp3) is 0.167. The predicted molar refractivity (Wildman–Crippen MR) is 64.1 cm³/mol. The van der Waals surface area contributed by atoms with Gasteiger partial charge in [0.2, 0.25) is 0 Å². The number of hydrogen-bond donors (Lipinski definition) is 2. The molecular formula is C12H11F3N4. The Kier molecular flexibility index (Phi) is 3.66. The van der Waals surface area contributed by atoms with Crippen LogP contribution < -0.4 is 11.3 Å². The largest absolute Gasteiger partial charge is 0.416 e. The first-order valence-electron chi connectivity index (χ1n) is 5.44. The number of anilines is 1. The van der Waals surface area contributed by atoms with E-state index in [1.807, 2.05) is 0 Å². The van der Waals surface area contributed by atoms with Crippen LogP contribution in [0.1, 0.15) is 17.0 Å². The maximum absolute atomic E-state index is 12.6. The third kappa shape index (κ3) is 3.41. The Morgan fingerprint density at radius 1 is 1.21 bits per heavy atom. The number of rotatable bonds is 3. The van der Waals surface area contributed by atoms with E-state index in [2.05, 4.69) is 15.4 Å². The van der Waals surface area contributed by atoms with Gasteiger partial charge in [0.05, 0.1) is 5.56 Å². The first kappa shape index (κ1) is 13.3. The number of aromatic nitrogens is 2. The summed E-state index contributed by atoms with van der Waals surface area (Å²) in [4.78, 5) is 8.04. The zero-order valence-electron chi connectivity index (χ0n) is 9.78. The van der Waals surface area contributed by atoms with Gasteiger partial charge in [-0.1, -0.05) is 18.2 Å². The van der Waals surface area contributed by atoms with Crippen molar-refractivity contribution in [3.63, 3.8) is 0 Å². The number of benzene rings is 1. The van der Waals surface area contributed by atoms with Gasteiger partial charge in [0.1, 0.15) is 11.6 Å². The van der Waals surface area contributed by atoms with E-state index in [1.54, 1.807) is 12.1 Å². The molecule has 0 radical (unpaired) electrons. The molecule has 0 spiro atoms. The highest BCUT2D eigenvalue weighted by atomic mass is 19.4. The SMILES string of the molecule is NNc1ccnc(Cc2cccc(C(F)(F)F)c2)n1. The maximum atomic E-state index is 12.6. The minimum Gasteiger partial charge on any atom is -0.308 e. The molecule has 3 N–H and O–H groups in total. The molecule has 19 heavy (non-hydrogen) atoms. The molecule has 100 valence electrons. The topological polar surface area (TPSA) is 63.8 Å². The molecule has 0 aliphatic carbocycles. The number of nitrogens with two attached hydrogens (primary N) is 1. The molecule has 4 nitrogen and oxygen atoms in total. The van der Waals surface area contributed by atoms with Gasteiger partial charge in [0.15, 0.2) is 0 Å². The summed E-state index contributed by atoms with van der Waals surface area (Å²) in [6, 6.07) is 6.65. The molecule has 0 atom stereocenters. The van der Waals surface area contributed by atoms with Gasteiger partial charge in [0.25, 0.3) is 0 Å². The van der Waals surface area contributed by atoms with Crippen LogP contribution in [0.2, 0.25) is 0 Å². The first-order valence-corrected chi connectivity index (χ1v) is 5.44. The average Bonchev–Trinajstić information content (AvgIpc) is 2.38. The molecule has 7 heteroatoms. The van der Waals surface area contributed by atoms with Crippen molar-refractivity contribution in [1.29, 1.82) is 0 Å². The monoisotopic (exact) mass is 268 g/mol. The highest BCUT2D eigenvalue weighted by Crippen LogP contribution is 2.29. The van der Waals surface area contributed by atoms with Crippen LogP contribution in [0.3, 0.4) is 0 Å². The number of alkyl halides is 3. The van der Waals surface area contributed by atoms with Crippen molar-refractivity contribution in [2.45, 2.75) is 12.6 Å². The normalized spacial score (nSPS) is 11.4. The number of hydrogen-bond acceptors (Lipinski definition) is 4. The van der Waals surface area contributed by atoms with Crippen LogP contribution in [0.4, 0.5) is 19.0 Å². The summed E-state index contributed by atoms with van der Waals surface area (Å²) >= 11 is 0. The summed E-state index contributed by atoms with van der Waals surface area (Å²) in [5.41, 5.74) is 2.17. The third-order valence-electron chi connectivity index (χ3n) is 2.47. The standard InChI is InChI=1S/C12H11F3N4/c13-12(14,15)9-3-1-2-8(6-9)7-11-17-5-4-10(18-11)19-16/h1-6H,7,16H2,(H,17,18,19). The van der Waals surface area contributed by atoms with E-state index < -0.39 is 11.7 Å². The van der Waals surface area contributed by atoms with E-state index in [-0.39, 0.29) is 6.42 Å². The van der Waals surface area contributed by atoms with Crippen LogP contribution >= 0.6 is 0 Å². The van der Waals surface area contributed by atoms with Crippen molar-refractivity contribution in [2.24, 2.45) is 5.84 Å². The molecule has 0 amide bonds. The Labute approximate surface area is 107 Å². The van der Waals surface area contributed by atoms with Gasteiger partial charge in [-0.3, -0.25) is 0 Å². The molecule has 2 rings (SSSR count). The summed E-state index contributed by atoms with van der Waals surface area (Å²) in [6.07, 6.45) is -2.65. The van der Waals surface area contributed by atoms with Crippen LogP contribution in [0.15, 0.2) is 36.5 Å². The van der Waals surface area contributed by atoms with Crippen molar-refractivity contribution in [3.05, 3.63) is 53.5 Å². The van der Waals surface area contributed by atoms with Crippen LogP contribution in [0, 0.1) is 0 Å². The number of nitrogens with one attached hydrogen (secondary N) is 1. The van der Waals surface area contributed by atoms with Gasteiger partial charge in [-0.2, -0.15) is 13.2 Å². The second-order valence-electron chi connectivity index (χ2n) is 3.88. The minimum absolute atomic E-state index is 0.208. The van der Waals surface area contributed by atoms with Crippen molar-refractivity contribution >= 4 is 5.82 Å². The van der Waals surface area contributed by atoms with Crippen molar-refractivity contribution in [3.8, 4) is 0 Å². The summed E-state index contributed by atoms with van der Waals surface area (Å²) in [5, 5.41) is 0. The molecule has 0 saturated carbocycles. The molecule has 0 unspecified atom stereocenters. The summed E-state index contributed by atoms with van der Waals surface area (Å²) < 4.78 is 37.7. The third-order valence-corrected chi connectivity index (χ3v) is 2.47. The fourth-order valence-electron chi connectivity index (χ4n) is 1.60. The minimum atomic E-state index is -4.35. The summed E-state index contributed by atoms with van der Waals surface area (Å²) in [7, 11) is 0. The Bertz CT molecular complexity index is 569. The zero-order chi connectivity index (χ0) is 13.9. The molecule has 1 heterocycles. The number of nitrogens with zero attached hydrogens (tertiary/aromatic N) is 2. The van der Waals surface area contributed by atoms with Gasteiger partial charge in [0, 0.05) is 18.7 Å². The molecule has 2 aromatic rings. The van der Waals surface area contributed by atoms with Crippen LogP contribution in [-0.4, -0.2) is 9.97 Å². The fourth-order valence-corrected chi connectivity index (χ4v) is 1.60. The van der Waals surface area contributed by atoms with E-state index in [4.69, 9.17) is 5.84 Å². The average molecular weight is 268 g/mol. The van der Waals surface area contributed by atoms with Crippen molar-refractivity contribution in [2.75, 3.05) is 5.43 Å². The van der Waals surface area contributed by atoms with Gasteiger partial charge < -0.3 is 5.43 Å². The van der Waals surface area contributed by atoms with E-state index in [0.717, 1.165) is 12.1 Å². The van der Waals surface area contributed by atoms with E-state index in [1.165, 1.54) is 12.3 Å². The molecule has 0 fully saturated rings. The lowest BCUT2D eigenvalue weighted by Gasteiger charge is -2.08. The van der Waals surface area contributed by atoms with Crippen molar-refractivity contribution < 1.29 is 13.2 Å². The number of halogens is 3. The van der Waals surface area contributed by atoms with Crippen LogP contribution in [0.5, 0.6) is 0 Å². The second kappa shape index (κ2) is 5.23. The molecule has 0 aliphatic rings. The highest BCUT2D eigenvalue weighted by molar-refractivity contribution is 5.33. The molecule has 0 bridgehead atoms. The van der Waals surface area contributed by atoms with E-state index in [0.29, 0.717) is 17.2 Å².